The second-order valence-electron chi connectivity index (χ2n) is 11.7. The summed E-state index contributed by atoms with van der Waals surface area (Å²) in [7, 11) is 3.31. The second kappa shape index (κ2) is 18.2. The first kappa shape index (κ1) is 37.7. The summed E-state index contributed by atoms with van der Waals surface area (Å²) in [6.45, 7) is 21.2. The van der Waals surface area contributed by atoms with Crippen molar-refractivity contribution in [3.8, 4) is 0 Å². The van der Waals surface area contributed by atoms with E-state index < -0.39 is 35.0 Å². The zero-order chi connectivity index (χ0) is 31.0. The summed E-state index contributed by atoms with van der Waals surface area (Å²) in [4.78, 5) is 41.3. The van der Waals surface area contributed by atoms with E-state index in [4.69, 9.17) is 19.9 Å². The van der Waals surface area contributed by atoms with Crippen LogP contribution in [0, 0.1) is 0 Å². The molecule has 0 saturated carbocycles. The number of nitrogens with two attached hydrogens (primary N) is 1. The van der Waals surface area contributed by atoms with Crippen molar-refractivity contribution in [3.05, 3.63) is 12.5 Å². The number of nitrogens with zero attached hydrogens (tertiary/aromatic N) is 1. The molecule has 6 N–H and O–H groups in total. The highest BCUT2D eigenvalue weighted by molar-refractivity contribution is 8.76. The molecule has 0 saturated heterocycles. The Morgan fingerprint density at radius 1 is 0.850 bits per heavy atom. The van der Waals surface area contributed by atoms with Gasteiger partial charge in [0.2, 0.25) is 11.9 Å². The van der Waals surface area contributed by atoms with Crippen LogP contribution < -0.4 is 27.0 Å². The smallest absolute Gasteiger partial charge is 0.437 e. The topological polar surface area (TPSA) is 165 Å². The molecule has 14 heteroatoms. The Kier molecular flexibility index (Phi) is 17.1. The molecule has 3 amide bonds. The number of rotatable bonds is 14. The Balaban J connectivity index is 5.26. The SMILES string of the molecule is C=C(NC(CCCN/C(=N/C(=O)OC(C)(C)C)NC(=O)OC(C)(C)C)C(=O)NCCSSCCN)OC(C)(C)C. The van der Waals surface area contributed by atoms with Crippen molar-refractivity contribution in [3.63, 3.8) is 0 Å². The number of amides is 3. The summed E-state index contributed by atoms with van der Waals surface area (Å²) in [5, 5.41) is 11.4. The normalized spacial score (nSPS) is 13.1. The van der Waals surface area contributed by atoms with Crippen LogP contribution in [0.4, 0.5) is 9.59 Å². The van der Waals surface area contributed by atoms with Gasteiger partial charge in [-0.3, -0.25) is 10.1 Å². The standard InChI is InChI=1S/C26H50N6O6S2/c1-18(36-24(2,3)4)30-19(20(33)28-15-17-40-39-16-13-27)12-11-14-29-21(31-22(34)37-25(5,6)7)32-23(35)38-26(8,9)10/h19,30H,1,11-17,27H2,2-10H3,(H,28,33)(H2,29,31,32,34,35). The number of guanidine groups is 1. The highest BCUT2D eigenvalue weighted by Gasteiger charge is 2.23. The highest BCUT2D eigenvalue weighted by Crippen LogP contribution is 2.19. The van der Waals surface area contributed by atoms with Crippen LogP contribution in [0.2, 0.25) is 0 Å². The lowest BCUT2D eigenvalue weighted by molar-refractivity contribution is -0.123. The number of ether oxygens (including phenoxy) is 3. The molecule has 0 aromatic heterocycles. The van der Waals surface area contributed by atoms with Gasteiger partial charge in [-0.05, 0) is 81.7 Å². The molecule has 0 aliphatic carbocycles. The van der Waals surface area contributed by atoms with Gasteiger partial charge in [0.1, 0.15) is 22.8 Å². The number of nitrogens with one attached hydrogen (secondary N) is 4. The monoisotopic (exact) mass is 606 g/mol. The molecule has 40 heavy (non-hydrogen) atoms. The van der Waals surface area contributed by atoms with Gasteiger partial charge in [-0.15, -0.1) is 4.99 Å². The Morgan fingerprint density at radius 3 is 1.98 bits per heavy atom. The first-order valence-corrected chi connectivity index (χ1v) is 15.7. The van der Waals surface area contributed by atoms with Crippen LogP contribution in [-0.4, -0.2) is 78.0 Å². The van der Waals surface area contributed by atoms with Crippen molar-refractivity contribution >= 4 is 45.6 Å². The predicted octanol–water partition coefficient (Wildman–Crippen LogP) is 3.87. The number of aliphatic imine (C=N–C) groups is 1. The first-order chi connectivity index (χ1) is 18.3. The third kappa shape index (κ3) is 22.5. The number of hydrogen-bond acceptors (Lipinski definition) is 10. The predicted molar refractivity (Wildman–Crippen MR) is 164 cm³/mol. The number of carbonyl (C=O) groups is 3. The Morgan fingerprint density at radius 2 is 1.43 bits per heavy atom. The lowest BCUT2D eigenvalue weighted by Gasteiger charge is -2.27. The van der Waals surface area contributed by atoms with Gasteiger partial charge in [0.05, 0.1) is 0 Å². The molecule has 0 spiro atoms. The zero-order valence-corrected chi connectivity index (χ0v) is 27.2. The first-order valence-electron chi connectivity index (χ1n) is 13.2. The molecule has 1 atom stereocenters. The van der Waals surface area contributed by atoms with E-state index in [1.165, 1.54) is 0 Å². The Hall–Kier alpha value is -2.32. The molecular formula is C26H50N6O6S2. The molecule has 12 nitrogen and oxygen atoms in total. The fraction of sp³-hybridized carbons (Fsp3) is 0.769. The van der Waals surface area contributed by atoms with E-state index in [1.807, 2.05) is 20.8 Å². The number of hydrogen-bond donors (Lipinski definition) is 5. The van der Waals surface area contributed by atoms with Gasteiger partial charge < -0.3 is 35.9 Å². The molecule has 0 aliphatic rings. The van der Waals surface area contributed by atoms with E-state index in [9.17, 15) is 14.4 Å². The fourth-order valence-corrected chi connectivity index (χ4v) is 4.53. The molecule has 0 bridgehead atoms. The Labute approximate surface area is 247 Å². The van der Waals surface area contributed by atoms with Crippen LogP contribution in [0.3, 0.4) is 0 Å². The minimum Gasteiger partial charge on any atom is -0.474 e. The highest BCUT2D eigenvalue weighted by atomic mass is 33.1. The third-order valence-electron chi connectivity index (χ3n) is 4.03. The lowest BCUT2D eigenvalue weighted by Crippen LogP contribution is -2.46. The maximum Gasteiger partial charge on any atom is 0.437 e. The van der Waals surface area contributed by atoms with E-state index in [0.29, 0.717) is 25.9 Å². The lowest BCUT2D eigenvalue weighted by atomic mass is 10.1. The molecule has 0 aromatic carbocycles. The van der Waals surface area contributed by atoms with Gasteiger partial charge in [0.15, 0.2) is 5.88 Å². The number of alkyl carbamates (subject to hydrolysis) is 1. The van der Waals surface area contributed by atoms with Gasteiger partial charge in [-0.1, -0.05) is 21.6 Å². The van der Waals surface area contributed by atoms with Gasteiger partial charge in [0.25, 0.3) is 0 Å². The van der Waals surface area contributed by atoms with Crippen molar-refractivity contribution in [2.45, 2.75) is 98.0 Å². The summed E-state index contributed by atoms with van der Waals surface area (Å²) in [5.41, 5.74) is 3.51. The largest absolute Gasteiger partial charge is 0.474 e. The van der Waals surface area contributed by atoms with Gasteiger partial charge in [-0.25, -0.2) is 9.59 Å². The summed E-state index contributed by atoms with van der Waals surface area (Å²) in [6, 6.07) is -0.622. The summed E-state index contributed by atoms with van der Waals surface area (Å²) >= 11 is 0. The van der Waals surface area contributed by atoms with Crippen LogP contribution in [0.25, 0.3) is 0 Å². The number of carbonyl (C=O) groups excluding carboxylic acids is 3. The van der Waals surface area contributed by atoms with E-state index in [2.05, 4.69) is 32.8 Å². The Bertz CT molecular complexity index is 850. The van der Waals surface area contributed by atoms with Crippen LogP contribution in [0.15, 0.2) is 17.5 Å². The molecule has 0 aliphatic heterocycles. The van der Waals surface area contributed by atoms with Gasteiger partial charge in [-0.2, -0.15) is 0 Å². The minimum atomic E-state index is -0.872. The molecule has 1 unspecified atom stereocenters. The average Bonchev–Trinajstić information content (AvgIpc) is 2.73. The van der Waals surface area contributed by atoms with Crippen molar-refractivity contribution in [1.29, 1.82) is 0 Å². The van der Waals surface area contributed by atoms with Crippen LogP contribution >= 0.6 is 21.6 Å². The second-order valence-corrected chi connectivity index (χ2v) is 14.4. The molecular weight excluding hydrogens is 556 g/mol. The molecule has 0 rings (SSSR count). The van der Waals surface area contributed by atoms with Crippen LogP contribution in [0.1, 0.15) is 75.2 Å². The van der Waals surface area contributed by atoms with Crippen molar-refractivity contribution < 1.29 is 28.6 Å². The maximum atomic E-state index is 12.9. The molecule has 0 aromatic rings. The molecule has 0 radical (unpaired) electrons. The zero-order valence-electron chi connectivity index (χ0n) is 25.5. The van der Waals surface area contributed by atoms with Gasteiger partial charge in [0, 0.05) is 31.1 Å². The third-order valence-corrected chi connectivity index (χ3v) is 6.47. The van der Waals surface area contributed by atoms with E-state index in [1.54, 1.807) is 63.1 Å². The fourth-order valence-electron chi connectivity index (χ4n) is 2.77. The van der Waals surface area contributed by atoms with E-state index >= 15 is 0 Å². The van der Waals surface area contributed by atoms with Crippen molar-refractivity contribution in [2.75, 3.05) is 31.1 Å². The average molecular weight is 607 g/mol. The van der Waals surface area contributed by atoms with Crippen LogP contribution in [-0.2, 0) is 19.0 Å². The van der Waals surface area contributed by atoms with E-state index in [0.717, 1.165) is 11.5 Å². The molecule has 0 heterocycles. The molecule has 232 valence electrons. The van der Waals surface area contributed by atoms with Gasteiger partial charge >= 0.3 is 12.2 Å². The van der Waals surface area contributed by atoms with E-state index in [-0.39, 0.29) is 24.3 Å². The quantitative estimate of drug-likeness (QED) is 0.0640. The minimum absolute atomic E-state index is 0.120. The van der Waals surface area contributed by atoms with Crippen molar-refractivity contribution in [2.24, 2.45) is 10.7 Å². The summed E-state index contributed by atoms with van der Waals surface area (Å²) < 4.78 is 16.2. The molecule has 0 fully saturated rings. The van der Waals surface area contributed by atoms with Crippen molar-refractivity contribution in [1.82, 2.24) is 21.3 Å². The summed E-state index contributed by atoms with van der Waals surface area (Å²) in [6.07, 6.45) is -0.785. The maximum absolute atomic E-state index is 12.9. The summed E-state index contributed by atoms with van der Waals surface area (Å²) in [5.74, 6) is 1.56. The van der Waals surface area contributed by atoms with Crippen LogP contribution in [0.5, 0.6) is 0 Å².